The predicted octanol–water partition coefficient (Wildman–Crippen LogP) is 5.70. The molecule has 0 N–H and O–H groups in total. The van der Waals surface area contributed by atoms with E-state index in [0.29, 0.717) is 17.9 Å². The summed E-state index contributed by atoms with van der Waals surface area (Å²) in [5.74, 6) is 0.568. The highest BCUT2D eigenvalue weighted by Gasteiger charge is 2.29. The van der Waals surface area contributed by atoms with Gasteiger partial charge in [-0.15, -0.1) is 0 Å². The quantitative estimate of drug-likeness (QED) is 0.681. The number of amides is 1. The van der Waals surface area contributed by atoms with Gasteiger partial charge in [0.25, 0.3) is 0 Å². The molecule has 1 saturated heterocycles. The average Bonchev–Trinajstić information content (AvgIpc) is 3.12. The molecule has 1 aliphatic rings. The molecule has 0 spiro atoms. The molecule has 1 aromatic heterocycles. The van der Waals surface area contributed by atoms with Gasteiger partial charge in [-0.2, -0.15) is 0 Å². The van der Waals surface area contributed by atoms with E-state index in [4.69, 9.17) is 4.74 Å². The van der Waals surface area contributed by atoms with Gasteiger partial charge in [-0.1, -0.05) is 24.3 Å². The Hall–Kier alpha value is -2.40. The largest absolute Gasteiger partial charge is 0.443 e. The van der Waals surface area contributed by atoms with Crippen molar-refractivity contribution in [2.24, 2.45) is 0 Å². The molecule has 5 heteroatoms. The molecule has 2 aromatic rings. The van der Waals surface area contributed by atoms with E-state index >= 15 is 0 Å². The van der Waals surface area contributed by atoms with Crippen LogP contribution in [0.3, 0.4) is 0 Å². The number of para-hydroxylation sites is 1. The van der Waals surface area contributed by atoms with Gasteiger partial charge >= 0.3 is 6.09 Å². The van der Waals surface area contributed by atoms with Gasteiger partial charge in [0.15, 0.2) is 0 Å². The molecule has 150 valence electrons. The van der Waals surface area contributed by atoms with Crippen molar-refractivity contribution in [3.8, 4) is 0 Å². The molecule has 3 rings (SSSR count). The first-order chi connectivity index (χ1) is 13.3. The van der Waals surface area contributed by atoms with Crippen LogP contribution in [0.5, 0.6) is 0 Å². The molecular weight excluding hydrogens is 350 g/mol. The van der Waals surface area contributed by atoms with Crippen LogP contribution in [0.1, 0.15) is 59.1 Å². The van der Waals surface area contributed by atoms with Crippen molar-refractivity contribution in [1.82, 2.24) is 9.88 Å². The SMILES string of the molecule is CC(C)N1CCCC1c1ccc(N(C(=O)OC(C)(C)C)c2ccccc2)nc1. The van der Waals surface area contributed by atoms with Crippen molar-refractivity contribution < 1.29 is 9.53 Å². The van der Waals surface area contributed by atoms with Gasteiger partial charge in [-0.05, 0) is 77.8 Å². The van der Waals surface area contributed by atoms with Crippen LogP contribution >= 0.6 is 0 Å². The molecule has 1 unspecified atom stereocenters. The Morgan fingerprint density at radius 1 is 1.18 bits per heavy atom. The number of nitrogens with zero attached hydrogens (tertiary/aromatic N) is 3. The number of pyridine rings is 1. The number of rotatable bonds is 4. The lowest BCUT2D eigenvalue weighted by molar-refractivity contribution is 0.0598. The minimum Gasteiger partial charge on any atom is -0.443 e. The maximum Gasteiger partial charge on any atom is 0.420 e. The van der Waals surface area contributed by atoms with Crippen LogP contribution in [-0.4, -0.2) is 34.2 Å². The summed E-state index contributed by atoms with van der Waals surface area (Å²) in [6, 6.07) is 14.4. The van der Waals surface area contributed by atoms with E-state index in [9.17, 15) is 4.79 Å². The molecule has 0 saturated carbocycles. The molecule has 28 heavy (non-hydrogen) atoms. The Morgan fingerprint density at radius 3 is 2.46 bits per heavy atom. The molecule has 1 fully saturated rings. The van der Waals surface area contributed by atoms with Crippen molar-refractivity contribution in [2.75, 3.05) is 11.4 Å². The second kappa shape index (κ2) is 8.31. The van der Waals surface area contributed by atoms with Crippen molar-refractivity contribution in [3.05, 3.63) is 54.2 Å². The molecule has 2 heterocycles. The molecule has 0 bridgehead atoms. The Kier molecular flexibility index (Phi) is 6.04. The molecule has 1 aliphatic heterocycles. The number of carbonyl (C=O) groups is 1. The normalized spacial score (nSPS) is 17.7. The fourth-order valence-corrected chi connectivity index (χ4v) is 3.71. The van der Waals surface area contributed by atoms with Gasteiger partial charge in [-0.25, -0.2) is 14.7 Å². The molecule has 5 nitrogen and oxygen atoms in total. The Balaban J connectivity index is 1.89. The second-order valence-corrected chi connectivity index (χ2v) is 8.59. The number of anilines is 2. The van der Waals surface area contributed by atoms with Crippen LogP contribution in [0.2, 0.25) is 0 Å². The smallest absolute Gasteiger partial charge is 0.420 e. The fourth-order valence-electron chi connectivity index (χ4n) is 3.71. The summed E-state index contributed by atoms with van der Waals surface area (Å²) < 4.78 is 5.63. The molecule has 1 aromatic carbocycles. The zero-order valence-corrected chi connectivity index (χ0v) is 17.6. The van der Waals surface area contributed by atoms with Crippen molar-refractivity contribution in [2.45, 2.75) is 65.1 Å². The third-order valence-electron chi connectivity index (χ3n) is 4.93. The van der Waals surface area contributed by atoms with Crippen LogP contribution in [0.25, 0.3) is 0 Å². The Labute approximate surface area is 168 Å². The van der Waals surface area contributed by atoms with E-state index in [2.05, 4.69) is 29.8 Å². The highest BCUT2D eigenvalue weighted by molar-refractivity contribution is 5.95. The highest BCUT2D eigenvalue weighted by Crippen LogP contribution is 2.34. The van der Waals surface area contributed by atoms with E-state index in [1.807, 2.05) is 63.4 Å². The lowest BCUT2D eigenvalue weighted by Gasteiger charge is -2.29. The van der Waals surface area contributed by atoms with Crippen LogP contribution in [0.15, 0.2) is 48.7 Å². The average molecular weight is 382 g/mol. The first kappa shape index (κ1) is 20.3. The second-order valence-electron chi connectivity index (χ2n) is 8.59. The third-order valence-corrected chi connectivity index (χ3v) is 4.93. The number of likely N-dealkylation sites (tertiary alicyclic amines) is 1. The molecule has 0 radical (unpaired) electrons. The number of carbonyl (C=O) groups excluding carboxylic acids is 1. The number of benzene rings is 1. The summed E-state index contributed by atoms with van der Waals surface area (Å²) in [7, 11) is 0. The van der Waals surface area contributed by atoms with Gasteiger partial charge in [0.05, 0.1) is 5.69 Å². The van der Waals surface area contributed by atoms with Gasteiger partial charge in [0, 0.05) is 18.3 Å². The van der Waals surface area contributed by atoms with Crippen molar-refractivity contribution in [1.29, 1.82) is 0 Å². The van der Waals surface area contributed by atoms with Crippen molar-refractivity contribution >= 4 is 17.6 Å². The van der Waals surface area contributed by atoms with Gasteiger partial charge < -0.3 is 4.74 Å². The predicted molar refractivity (Wildman–Crippen MR) is 113 cm³/mol. The summed E-state index contributed by atoms with van der Waals surface area (Å²) in [5.41, 5.74) is 1.36. The third kappa shape index (κ3) is 4.71. The number of ether oxygens (including phenoxy) is 1. The molecule has 1 atom stereocenters. The minimum atomic E-state index is -0.578. The van der Waals surface area contributed by atoms with Crippen LogP contribution in [-0.2, 0) is 4.74 Å². The Bertz CT molecular complexity index is 782. The van der Waals surface area contributed by atoms with Crippen LogP contribution in [0.4, 0.5) is 16.3 Å². The monoisotopic (exact) mass is 381 g/mol. The Morgan fingerprint density at radius 2 is 1.89 bits per heavy atom. The summed E-state index contributed by atoms with van der Waals surface area (Å²) in [4.78, 5) is 21.6. The molecular formula is C23H31N3O2. The zero-order valence-electron chi connectivity index (χ0n) is 17.6. The zero-order chi connectivity index (χ0) is 20.3. The highest BCUT2D eigenvalue weighted by atomic mass is 16.6. The van der Waals surface area contributed by atoms with Gasteiger partial charge in [0.2, 0.25) is 0 Å². The summed E-state index contributed by atoms with van der Waals surface area (Å²) >= 11 is 0. The van der Waals surface area contributed by atoms with Gasteiger partial charge in [-0.3, -0.25) is 4.90 Å². The fraction of sp³-hybridized carbons (Fsp3) is 0.478. The maximum absolute atomic E-state index is 12.9. The van der Waals surface area contributed by atoms with Crippen molar-refractivity contribution in [3.63, 3.8) is 0 Å². The number of hydrogen-bond acceptors (Lipinski definition) is 4. The minimum absolute atomic E-state index is 0.397. The summed E-state index contributed by atoms with van der Waals surface area (Å²) in [5, 5.41) is 0. The van der Waals surface area contributed by atoms with Gasteiger partial charge in [0.1, 0.15) is 11.4 Å². The maximum atomic E-state index is 12.9. The number of hydrogen-bond donors (Lipinski definition) is 0. The van der Waals surface area contributed by atoms with E-state index in [1.165, 1.54) is 16.9 Å². The lowest BCUT2D eigenvalue weighted by atomic mass is 10.1. The standard InChI is InChI=1S/C23H31N3O2/c1-17(2)25-15-9-12-20(25)18-13-14-21(24-16-18)26(19-10-7-6-8-11-19)22(27)28-23(3,4)5/h6-8,10-11,13-14,16-17,20H,9,12,15H2,1-5H3. The summed E-state index contributed by atoms with van der Waals surface area (Å²) in [6.07, 6.45) is 3.83. The topological polar surface area (TPSA) is 45.7 Å². The molecule has 1 amide bonds. The van der Waals surface area contributed by atoms with Crippen LogP contribution < -0.4 is 4.90 Å². The van der Waals surface area contributed by atoms with E-state index in [-0.39, 0.29) is 0 Å². The first-order valence-electron chi connectivity index (χ1n) is 10.1. The van der Waals surface area contributed by atoms with Crippen LogP contribution in [0, 0.1) is 0 Å². The van der Waals surface area contributed by atoms with E-state index in [0.717, 1.165) is 18.7 Å². The number of aromatic nitrogens is 1. The summed E-state index contributed by atoms with van der Waals surface area (Å²) in [6.45, 7) is 11.2. The van der Waals surface area contributed by atoms with E-state index in [1.54, 1.807) is 0 Å². The molecule has 0 aliphatic carbocycles. The lowest BCUT2D eigenvalue weighted by Crippen LogP contribution is -2.34. The van der Waals surface area contributed by atoms with E-state index < -0.39 is 11.7 Å². The first-order valence-corrected chi connectivity index (χ1v) is 10.1.